The Morgan fingerprint density at radius 2 is 1.04 bits per heavy atom. The fourth-order valence-corrected chi connectivity index (χ4v) is 1.05. The third kappa shape index (κ3) is 4.18. The summed E-state index contributed by atoms with van der Waals surface area (Å²) < 4.78 is 190. The molecule has 0 radical (unpaired) electrons. The summed E-state index contributed by atoms with van der Waals surface area (Å²) >= 11 is 0. The van der Waals surface area contributed by atoms with Crippen molar-refractivity contribution in [3.63, 3.8) is 0 Å². The number of halogens is 15. The minimum absolute atomic E-state index is 1.56. The van der Waals surface area contributed by atoms with E-state index in [2.05, 4.69) is 0 Å². The molecule has 0 unspecified atom stereocenters. The lowest BCUT2D eigenvalue weighted by molar-refractivity contribution is -0.464. The van der Waals surface area contributed by atoms with E-state index in [9.17, 15) is 70.7 Å². The van der Waals surface area contributed by atoms with E-state index in [1.54, 1.807) is 4.74 Å². The molecule has 27 heavy (non-hydrogen) atoms. The van der Waals surface area contributed by atoms with Crippen molar-refractivity contribution in [2.75, 3.05) is 0 Å². The minimum Gasteiger partial charge on any atom is -0.475 e. The molecular formula is C9HF15O3. The zero-order chi connectivity index (χ0) is 22.4. The van der Waals surface area contributed by atoms with Gasteiger partial charge in [-0.25, -0.2) is 13.9 Å². The third-order valence-corrected chi connectivity index (χ3v) is 2.38. The van der Waals surface area contributed by atoms with Gasteiger partial charge in [0.2, 0.25) is 11.7 Å². The maximum Gasteiger partial charge on any atom is 0.460 e. The van der Waals surface area contributed by atoms with Crippen LogP contribution in [0.15, 0.2) is 11.7 Å². The quantitative estimate of drug-likeness (QED) is 0.572. The highest BCUT2D eigenvalue weighted by Gasteiger charge is 2.84. The van der Waals surface area contributed by atoms with E-state index in [-0.39, 0.29) is 0 Å². The van der Waals surface area contributed by atoms with Crippen molar-refractivity contribution in [3.8, 4) is 0 Å². The van der Waals surface area contributed by atoms with Crippen LogP contribution in [-0.4, -0.2) is 47.2 Å². The van der Waals surface area contributed by atoms with Crippen LogP contribution in [0.1, 0.15) is 0 Å². The van der Waals surface area contributed by atoms with Crippen LogP contribution < -0.4 is 0 Å². The molecule has 0 amide bonds. The van der Waals surface area contributed by atoms with Crippen LogP contribution in [-0.2, 0) is 9.53 Å². The Morgan fingerprint density at radius 3 is 1.33 bits per heavy atom. The summed E-state index contributed by atoms with van der Waals surface area (Å²) in [4.78, 5) is 9.75. The normalized spacial score (nSPS) is 16.3. The zero-order valence-corrected chi connectivity index (χ0v) is 11.4. The van der Waals surface area contributed by atoms with Gasteiger partial charge in [0, 0.05) is 0 Å². The molecule has 18 heteroatoms. The molecule has 0 aliphatic carbocycles. The molecule has 0 atom stereocenters. The summed E-state index contributed by atoms with van der Waals surface area (Å²) in [5, 5.41) is 7.65. The highest BCUT2D eigenvalue weighted by atomic mass is 19.4. The predicted octanol–water partition coefficient (Wildman–Crippen LogP) is 4.89. The molecule has 0 aromatic heterocycles. The fourth-order valence-electron chi connectivity index (χ4n) is 1.05. The third-order valence-electron chi connectivity index (χ3n) is 2.38. The van der Waals surface area contributed by atoms with Gasteiger partial charge >= 0.3 is 42.1 Å². The monoisotopic (exact) mass is 442 g/mol. The number of alkyl halides is 13. The van der Waals surface area contributed by atoms with Crippen LogP contribution in [0.5, 0.6) is 0 Å². The van der Waals surface area contributed by atoms with Crippen LogP contribution in [0.2, 0.25) is 0 Å². The van der Waals surface area contributed by atoms with E-state index >= 15 is 0 Å². The van der Waals surface area contributed by atoms with Crippen molar-refractivity contribution in [1.29, 1.82) is 0 Å². The Morgan fingerprint density at radius 1 is 0.667 bits per heavy atom. The Labute approximate surface area is 136 Å². The van der Waals surface area contributed by atoms with E-state index in [1.165, 1.54) is 0 Å². The molecule has 3 nitrogen and oxygen atoms in total. The maximum absolute atomic E-state index is 13.0. The Bertz CT molecular complexity index is 617. The molecule has 160 valence electrons. The van der Waals surface area contributed by atoms with Crippen LogP contribution in [0.25, 0.3) is 0 Å². The van der Waals surface area contributed by atoms with Crippen molar-refractivity contribution < 1.29 is 80.5 Å². The predicted molar refractivity (Wildman–Crippen MR) is 48.8 cm³/mol. The fraction of sp³-hybridized carbons (Fsp3) is 0.667. The van der Waals surface area contributed by atoms with E-state index in [4.69, 9.17) is 5.11 Å². The average molecular weight is 442 g/mol. The molecule has 0 aliphatic rings. The zero-order valence-electron chi connectivity index (χ0n) is 11.4. The summed E-state index contributed by atoms with van der Waals surface area (Å²) in [7, 11) is 0. The van der Waals surface area contributed by atoms with E-state index in [0.717, 1.165) is 0 Å². The highest BCUT2D eigenvalue weighted by molar-refractivity contribution is 5.73. The Balaban J connectivity index is 6.35. The number of aliphatic carboxylic acids is 1. The standard InChI is InChI=1S/C9HF15O3/c10-1(2(11)5(14,15)16)4(12,13)7(19,20)8(21,22)9(23,24)27-6(17,18)3(25)26/h(H,25,26)/b2-1+. The number of allylic oxidation sites excluding steroid dienone is 2. The molecule has 0 rings (SSSR count). The molecule has 0 bridgehead atoms. The molecule has 0 spiro atoms. The number of hydrogen-bond acceptors (Lipinski definition) is 2. The number of hydrogen-bond donors (Lipinski definition) is 1. The van der Waals surface area contributed by atoms with Crippen LogP contribution in [0.4, 0.5) is 65.9 Å². The van der Waals surface area contributed by atoms with Gasteiger partial charge in [0.05, 0.1) is 0 Å². The number of rotatable bonds is 7. The number of carboxylic acid groups (broad SMARTS) is 1. The van der Waals surface area contributed by atoms with Gasteiger partial charge in [-0.2, -0.15) is 61.5 Å². The van der Waals surface area contributed by atoms with Gasteiger partial charge in [-0.3, -0.25) is 0 Å². The minimum atomic E-state index is -8.04. The van der Waals surface area contributed by atoms with Crippen molar-refractivity contribution >= 4 is 5.97 Å². The van der Waals surface area contributed by atoms with Gasteiger partial charge in [0.1, 0.15) is 0 Å². The molecule has 0 aromatic carbocycles. The van der Waals surface area contributed by atoms with Gasteiger partial charge in [-0.05, 0) is 0 Å². The molecule has 0 aliphatic heterocycles. The molecule has 0 aromatic rings. The molecular weight excluding hydrogens is 441 g/mol. The number of ether oxygens (including phenoxy) is 1. The SMILES string of the molecule is O=C(O)C(F)(F)OC(F)(F)C(F)(F)C(F)(F)C(F)(F)/C(F)=C(\F)C(F)(F)F. The van der Waals surface area contributed by atoms with Gasteiger partial charge in [-0.15, -0.1) is 0 Å². The Kier molecular flexibility index (Phi) is 6.16. The van der Waals surface area contributed by atoms with Crippen molar-refractivity contribution in [2.24, 2.45) is 0 Å². The summed E-state index contributed by atoms with van der Waals surface area (Å²) in [6.45, 7) is 0. The van der Waals surface area contributed by atoms with Gasteiger partial charge in [0.25, 0.3) is 0 Å². The number of carbonyl (C=O) groups is 1. The molecule has 0 saturated heterocycles. The second-order valence-electron chi connectivity index (χ2n) is 4.29. The topological polar surface area (TPSA) is 46.5 Å². The summed E-state index contributed by atoms with van der Waals surface area (Å²) in [5.74, 6) is -37.2. The summed E-state index contributed by atoms with van der Waals surface area (Å²) in [6, 6.07) is 0. The van der Waals surface area contributed by atoms with Crippen molar-refractivity contribution in [3.05, 3.63) is 11.7 Å². The molecule has 1 N–H and O–H groups in total. The second-order valence-corrected chi connectivity index (χ2v) is 4.29. The smallest absolute Gasteiger partial charge is 0.460 e. The van der Waals surface area contributed by atoms with Gasteiger partial charge < -0.3 is 5.11 Å². The second kappa shape index (κ2) is 6.62. The van der Waals surface area contributed by atoms with Gasteiger partial charge in [0.15, 0.2) is 0 Å². The lowest BCUT2D eigenvalue weighted by Crippen LogP contribution is -2.64. The van der Waals surface area contributed by atoms with Crippen molar-refractivity contribution in [2.45, 2.75) is 36.2 Å². The molecule has 0 saturated carbocycles. The lowest BCUT2D eigenvalue weighted by Gasteiger charge is -2.36. The first-order valence-electron chi connectivity index (χ1n) is 5.42. The first-order chi connectivity index (χ1) is 11.5. The molecule has 0 heterocycles. The van der Waals surface area contributed by atoms with E-state index in [1.807, 2.05) is 0 Å². The Hall–Kier alpha value is -1.88. The first-order valence-corrected chi connectivity index (χ1v) is 5.42. The molecule has 0 fully saturated rings. The van der Waals surface area contributed by atoms with Crippen molar-refractivity contribution in [1.82, 2.24) is 0 Å². The largest absolute Gasteiger partial charge is 0.475 e. The average Bonchev–Trinajstić information content (AvgIpc) is 2.42. The highest BCUT2D eigenvalue weighted by Crippen LogP contribution is 2.57. The van der Waals surface area contributed by atoms with E-state index in [0.29, 0.717) is 0 Å². The van der Waals surface area contributed by atoms with Crippen LogP contribution in [0, 0.1) is 0 Å². The maximum atomic E-state index is 13.0. The van der Waals surface area contributed by atoms with Gasteiger partial charge in [-0.1, -0.05) is 0 Å². The van der Waals surface area contributed by atoms with Crippen LogP contribution in [0.3, 0.4) is 0 Å². The first kappa shape index (κ1) is 25.1. The summed E-state index contributed by atoms with van der Waals surface area (Å²) in [6.07, 6.45) is -20.7. The number of carboxylic acids is 1. The summed E-state index contributed by atoms with van der Waals surface area (Å²) in [5.41, 5.74) is 0. The lowest BCUT2D eigenvalue weighted by atomic mass is 10.0. The van der Waals surface area contributed by atoms with E-state index < -0.39 is 53.8 Å². The van der Waals surface area contributed by atoms with Crippen LogP contribution >= 0.6 is 0 Å².